The van der Waals surface area contributed by atoms with Gasteiger partial charge in [-0.15, -0.1) is 0 Å². The molecule has 1 aliphatic heterocycles. The summed E-state index contributed by atoms with van der Waals surface area (Å²) in [7, 11) is 0. The summed E-state index contributed by atoms with van der Waals surface area (Å²) in [5, 5.41) is 3.60. The van der Waals surface area contributed by atoms with Crippen LogP contribution in [0.1, 0.15) is 50.7 Å². The van der Waals surface area contributed by atoms with Crippen molar-refractivity contribution in [1.82, 2.24) is 10.2 Å². The monoisotopic (exact) mass is 272 g/mol. The van der Waals surface area contributed by atoms with E-state index >= 15 is 0 Å². The molecule has 1 aromatic carbocycles. The fourth-order valence-corrected chi connectivity index (χ4v) is 3.33. The molecule has 1 N–H and O–H groups in total. The van der Waals surface area contributed by atoms with E-state index < -0.39 is 0 Å². The normalized spacial score (nSPS) is 22.9. The zero-order chi connectivity index (χ0) is 14.0. The lowest BCUT2D eigenvalue weighted by Gasteiger charge is -2.38. The van der Waals surface area contributed by atoms with Crippen LogP contribution in [-0.4, -0.2) is 24.0 Å². The van der Waals surface area contributed by atoms with Gasteiger partial charge in [-0.2, -0.15) is 0 Å². The predicted octanol–water partition coefficient (Wildman–Crippen LogP) is 3.56. The van der Waals surface area contributed by atoms with Gasteiger partial charge in [0, 0.05) is 25.7 Å². The summed E-state index contributed by atoms with van der Waals surface area (Å²) >= 11 is 0. The van der Waals surface area contributed by atoms with Crippen molar-refractivity contribution in [3.63, 3.8) is 0 Å². The second-order valence-corrected chi connectivity index (χ2v) is 7.45. The molecule has 2 heteroatoms. The van der Waals surface area contributed by atoms with Crippen molar-refractivity contribution in [3.05, 3.63) is 35.4 Å². The topological polar surface area (TPSA) is 15.3 Å². The Morgan fingerprint density at radius 1 is 1.25 bits per heavy atom. The molecule has 0 radical (unpaired) electrons. The van der Waals surface area contributed by atoms with Crippen LogP contribution < -0.4 is 5.32 Å². The summed E-state index contributed by atoms with van der Waals surface area (Å²) in [5.74, 6) is 0. The van der Waals surface area contributed by atoms with Crippen LogP contribution in [0.5, 0.6) is 0 Å². The van der Waals surface area contributed by atoms with Crippen LogP contribution in [0.3, 0.4) is 0 Å². The molecule has 1 saturated carbocycles. The van der Waals surface area contributed by atoms with Crippen LogP contribution in [-0.2, 0) is 13.1 Å². The Hall–Kier alpha value is -0.860. The summed E-state index contributed by atoms with van der Waals surface area (Å²) in [4.78, 5) is 2.62. The first kappa shape index (κ1) is 14.1. The Balaban J connectivity index is 1.57. The van der Waals surface area contributed by atoms with E-state index in [9.17, 15) is 0 Å². The molecule has 3 rings (SSSR count). The number of hydrogen-bond acceptors (Lipinski definition) is 2. The first-order chi connectivity index (χ1) is 9.61. The molecule has 0 bridgehead atoms. The zero-order valence-electron chi connectivity index (χ0n) is 13.0. The van der Waals surface area contributed by atoms with E-state index in [0.717, 1.165) is 19.1 Å². The van der Waals surface area contributed by atoms with Crippen LogP contribution in [0.25, 0.3) is 0 Å². The molecule has 1 heterocycles. The van der Waals surface area contributed by atoms with Gasteiger partial charge in [-0.3, -0.25) is 4.90 Å². The van der Waals surface area contributed by atoms with E-state index in [1.807, 2.05) is 0 Å². The van der Waals surface area contributed by atoms with Gasteiger partial charge in [-0.1, -0.05) is 38.1 Å². The van der Waals surface area contributed by atoms with Crippen molar-refractivity contribution in [1.29, 1.82) is 0 Å². The number of hydrogen-bond donors (Lipinski definition) is 1. The molecule has 2 nitrogen and oxygen atoms in total. The van der Waals surface area contributed by atoms with Crippen molar-refractivity contribution < 1.29 is 0 Å². The number of piperidine rings is 1. The third-order valence-corrected chi connectivity index (χ3v) is 4.55. The average Bonchev–Trinajstić information content (AvgIpc) is 3.19. The van der Waals surface area contributed by atoms with Crippen molar-refractivity contribution in [2.45, 2.75) is 58.7 Å². The fraction of sp³-hybridized carbons (Fsp3) is 0.667. The predicted molar refractivity (Wildman–Crippen MR) is 84.6 cm³/mol. The molecule has 0 amide bonds. The van der Waals surface area contributed by atoms with Gasteiger partial charge in [0.25, 0.3) is 0 Å². The number of likely N-dealkylation sites (tertiary alicyclic amines) is 1. The highest BCUT2D eigenvalue weighted by molar-refractivity contribution is 5.23. The third-order valence-electron chi connectivity index (χ3n) is 4.55. The molecular weight excluding hydrogens is 244 g/mol. The molecule has 2 aliphatic rings. The zero-order valence-corrected chi connectivity index (χ0v) is 13.0. The minimum atomic E-state index is 0.489. The van der Waals surface area contributed by atoms with Crippen LogP contribution in [0.4, 0.5) is 0 Å². The Kier molecular flexibility index (Phi) is 4.13. The Morgan fingerprint density at radius 2 is 2.05 bits per heavy atom. The lowest BCUT2D eigenvalue weighted by Crippen LogP contribution is -2.39. The molecule has 110 valence electrons. The minimum absolute atomic E-state index is 0.489. The molecule has 0 aromatic heterocycles. The largest absolute Gasteiger partial charge is 0.310 e. The Labute approximate surface area is 123 Å². The van der Waals surface area contributed by atoms with E-state index in [2.05, 4.69) is 48.3 Å². The maximum Gasteiger partial charge on any atom is 0.0234 e. The molecule has 2 fully saturated rings. The molecule has 1 aliphatic carbocycles. The second-order valence-electron chi connectivity index (χ2n) is 7.45. The van der Waals surface area contributed by atoms with Crippen molar-refractivity contribution in [2.75, 3.05) is 13.1 Å². The van der Waals surface area contributed by atoms with E-state index in [1.165, 1.54) is 49.9 Å². The van der Waals surface area contributed by atoms with Gasteiger partial charge in [-0.05, 0) is 48.8 Å². The summed E-state index contributed by atoms with van der Waals surface area (Å²) in [6.45, 7) is 9.43. The number of nitrogens with one attached hydrogen (secondary N) is 1. The van der Waals surface area contributed by atoms with Crippen LogP contribution in [0, 0.1) is 5.41 Å². The van der Waals surface area contributed by atoms with Gasteiger partial charge in [0.15, 0.2) is 0 Å². The SMILES string of the molecule is CC1(C)CCCN(Cc2cccc(CNC3CC3)c2)C1. The third kappa shape index (κ3) is 4.07. The molecule has 0 atom stereocenters. The lowest BCUT2D eigenvalue weighted by molar-refractivity contribution is 0.111. The highest BCUT2D eigenvalue weighted by Gasteiger charge is 2.26. The van der Waals surface area contributed by atoms with Gasteiger partial charge in [0.1, 0.15) is 0 Å². The molecule has 0 spiro atoms. The van der Waals surface area contributed by atoms with Crippen LogP contribution in [0.2, 0.25) is 0 Å². The highest BCUT2D eigenvalue weighted by atomic mass is 15.1. The molecule has 1 aromatic rings. The first-order valence-electron chi connectivity index (χ1n) is 8.14. The highest BCUT2D eigenvalue weighted by Crippen LogP contribution is 2.29. The number of benzene rings is 1. The van der Waals surface area contributed by atoms with E-state index in [0.29, 0.717) is 5.41 Å². The molecular formula is C18H28N2. The summed E-state index contributed by atoms with van der Waals surface area (Å²) in [5.41, 5.74) is 3.40. The maximum atomic E-state index is 3.60. The van der Waals surface area contributed by atoms with Crippen LogP contribution >= 0.6 is 0 Å². The Morgan fingerprint density at radius 3 is 2.80 bits per heavy atom. The molecule has 0 unspecified atom stereocenters. The lowest BCUT2D eigenvalue weighted by atomic mass is 9.84. The maximum absolute atomic E-state index is 3.60. The summed E-state index contributed by atoms with van der Waals surface area (Å²) in [6.07, 6.45) is 5.44. The average molecular weight is 272 g/mol. The van der Waals surface area contributed by atoms with Gasteiger partial charge in [0.2, 0.25) is 0 Å². The minimum Gasteiger partial charge on any atom is -0.310 e. The smallest absolute Gasteiger partial charge is 0.0234 e. The van der Waals surface area contributed by atoms with E-state index in [-0.39, 0.29) is 0 Å². The molecule has 1 saturated heterocycles. The van der Waals surface area contributed by atoms with Crippen molar-refractivity contribution in [3.8, 4) is 0 Å². The van der Waals surface area contributed by atoms with Gasteiger partial charge in [0.05, 0.1) is 0 Å². The number of nitrogens with zero attached hydrogens (tertiary/aromatic N) is 1. The first-order valence-corrected chi connectivity index (χ1v) is 8.14. The van der Waals surface area contributed by atoms with Crippen molar-refractivity contribution in [2.24, 2.45) is 5.41 Å². The quantitative estimate of drug-likeness (QED) is 0.881. The Bertz CT molecular complexity index is 448. The fourth-order valence-electron chi connectivity index (χ4n) is 3.33. The number of rotatable bonds is 5. The van der Waals surface area contributed by atoms with Crippen molar-refractivity contribution >= 4 is 0 Å². The summed E-state index contributed by atoms with van der Waals surface area (Å²) < 4.78 is 0. The van der Waals surface area contributed by atoms with Crippen LogP contribution in [0.15, 0.2) is 24.3 Å². The van der Waals surface area contributed by atoms with Gasteiger partial charge in [-0.25, -0.2) is 0 Å². The summed E-state index contributed by atoms with van der Waals surface area (Å²) in [6, 6.07) is 9.92. The van der Waals surface area contributed by atoms with E-state index in [1.54, 1.807) is 0 Å². The second kappa shape index (κ2) is 5.87. The molecule has 20 heavy (non-hydrogen) atoms. The standard InChI is InChI=1S/C18H28N2/c1-18(2)9-4-10-20(14-18)13-16-6-3-5-15(11-16)12-19-17-7-8-17/h3,5-6,11,17,19H,4,7-10,12-14H2,1-2H3. The van der Waals surface area contributed by atoms with Gasteiger partial charge < -0.3 is 5.32 Å². The van der Waals surface area contributed by atoms with Gasteiger partial charge >= 0.3 is 0 Å². The van der Waals surface area contributed by atoms with E-state index in [4.69, 9.17) is 0 Å².